The maximum absolute atomic E-state index is 12.3. The molecule has 2 rings (SSSR count). The van der Waals surface area contributed by atoms with Gasteiger partial charge in [0, 0.05) is 27.7 Å². The molecule has 0 unspecified atom stereocenters. The lowest BCUT2D eigenvalue weighted by Gasteiger charge is -2.21. The molecule has 17 heavy (non-hydrogen) atoms. The first-order chi connectivity index (χ1) is 8.33. The van der Waals surface area contributed by atoms with Gasteiger partial charge in [0.15, 0.2) is 0 Å². The summed E-state index contributed by atoms with van der Waals surface area (Å²) >= 11 is 0. The van der Waals surface area contributed by atoms with Crippen molar-refractivity contribution < 1.29 is 4.79 Å². The van der Waals surface area contributed by atoms with Crippen molar-refractivity contribution in [1.82, 2.24) is 0 Å². The number of hydrogen-bond acceptors (Lipinski definition) is 1. The fourth-order valence-corrected chi connectivity index (χ4v) is 2.44. The zero-order chi connectivity index (χ0) is 12.1. The molecule has 0 radical (unpaired) electrons. The Morgan fingerprint density at radius 2 is 1.47 bits per heavy atom. The van der Waals surface area contributed by atoms with Crippen LogP contribution in [0.1, 0.15) is 10.4 Å². The highest BCUT2D eigenvalue weighted by Crippen LogP contribution is 2.15. The van der Waals surface area contributed by atoms with Crippen molar-refractivity contribution in [2.24, 2.45) is 0 Å². The molecule has 0 bridgehead atoms. The van der Waals surface area contributed by atoms with E-state index in [1.165, 1.54) is 0 Å². The predicted molar refractivity (Wildman–Crippen MR) is 74.5 cm³/mol. The third-order valence-corrected chi connectivity index (χ3v) is 3.28. The van der Waals surface area contributed by atoms with Crippen LogP contribution in [0, 0.1) is 0 Å². The van der Waals surface area contributed by atoms with Crippen LogP contribution in [0.4, 0.5) is 5.69 Å². The van der Waals surface area contributed by atoms with Gasteiger partial charge in [-0.05, 0) is 24.3 Å². The smallest absolute Gasteiger partial charge is 0.257 e. The molecule has 1 amide bonds. The summed E-state index contributed by atoms with van der Waals surface area (Å²) < 4.78 is 0. The highest BCUT2D eigenvalue weighted by atomic mass is 28.1. The largest absolute Gasteiger partial charge is 0.312 e. The summed E-state index contributed by atoms with van der Waals surface area (Å²) in [4.78, 5) is 14.2. The second-order valence-electron chi connectivity index (χ2n) is 3.75. The van der Waals surface area contributed by atoms with Crippen LogP contribution in [0.25, 0.3) is 0 Å². The van der Waals surface area contributed by atoms with E-state index in [1.54, 1.807) is 0 Å². The maximum atomic E-state index is 12.3. The van der Waals surface area contributed by atoms with E-state index in [1.807, 2.05) is 65.6 Å². The number of anilines is 1. The summed E-state index contributed by atoms with van der Waals surface area (Å²) in [5.74, 6) is 0.0757. The van der Waals surface area contributed by atoms with Gasteiger partial charge in [-0.2, -0.15) is 0 Å². The van der Waals surface area contributed by atoms with Crippen LogP contribution >= 0.6 is 0 Å². The predicted octanol–water partition coefficient (Wildman–Crippen LogP) is 1.66. The lowest BCUT2D eigenvalue weighted by molar-refractivity contribution is 0.0991. The van der Waals surface area contributed by atoms with Crippen molar-refractivity contribution in [1.29, 1.82) is 0 Å². The van der Waals surface area contributed by atoms with Gasteiger partial charge in [-0.1, -0.05) is 36.4 Å². The van der Waals surface area contributed by atoms with Crippen molar-refractivity contribution >= 4 is 21.8 Å². The van der Waals surface area contributed by atoms with Crippen LogP contribution in [-0.2, 0) is 0 Å². The number of rotatable bonds is 3. The SMILES string of the molecule is O=C(c1ccccc1)N(C[SiH3])c1ccccc1. The molecule has 0 aliphatic carbocycles. The Morgan fingerprint density at radius 1 is 0.941 bits per heavy atom. The Hall–Kier alpha value is -1.87. The monoisotopic (exact) mass is 241 g/mol. The molecule has 2 aromatic rings. The number of carbonyl (C=O) groups is 1. The number of amides is 1. The van der Waals surface area contributed by atoms with Crippen molar-refractivity contribution in [3.05, 3.63) is 66.2 Å². The van der Waals surface area contributed by atoms with Crippen LogP contribution in [0.5, 0.6) is 0 Å². The summed E-state index contributed by atoms with van der Waals surface area (Å²) in [5.41, 5.74) is 1.71. The van der Waals surface area contributed by atoms with E-state index in [-0.39, 0.29) is 5.91 Å². The van der Waals surface area contributed by atoms with E-state index in [0.717, 1.165) is 27.7 Å². The van der Waals surface area contributed by atoms with Crippen molar-refractivity contribution in [3.63, 3.8) is 0 Å². The van der Waals surface area contributed by atoms with Crippen LogP contribution in [0.2, 0.25) is 0 Å². The average Bonchev–Trinajstić information content (AvgIpc) is 2.42. The van der Waals surface area contributed by atoms with Crippen LogP contribution in [0.3, 0.4) is 0 Å². The Morgan fingerprint density at radius 3 is 2.00 bits per heavy atom. The second kappa shape index (κ2) is 5.45. The minimum Gasteiger partial charge on any atom is -0.312 e. The molecule has 0 spiro atoms. The zero-order valence-electron chi connectivity index (χ0n) is 9.84. The standard InChI is InChI=1S/C14H15NOSi/c16-14(12-7-3-1-4-8-12)15(11-17)13-9-5-2-6-10-13/h1-10H,11H2,17H3. The quantitative estimate of drug-likeness (QED) is 0.748. The van der Waals surface area contributed by atoms with Gasteiger partial charge in [0.25, 0.3) is 5.91 Å². The molecular weight excluding hydrogens is 226 g/mol. The third kappa shape index (κ3) is 2.63. The Bertz CT molecular complexity index is 484. The normalized spacial score (nSPS) is 10.1. The van der Waals surface area contributed by atoms with E-state index < -0.39 is 0 Å². The molecule has 0 saturated carbocycles. The minimum absolute atomic E-state index is 0.0757. The first kappa shape index (κ1) is 11.6. The molecule has 0 saturated heterocycles. The van der Waals surface area contributed by atoms with Crippen molar-refractivity contribution in [2.45, 2.75) is 0 Å². The zero-order valence-corrected chi connectivity index (χ0v) is 11.8. The molecule has 0 atom stereocenters. The first-order valence-electron chi connectivity index (χ1n) is 5.75. The molecule has 2 aromatic carbocycles. The molecule has 3 heteroatoms. The van der Waals surface area contributed by atoms with Gasteiger partial charge in [0.1, 0.15) is 0 Å². The summed E-state index contributed by atoms with van der Waals surface area (Å²) in [7, 11) is 0.961. The first-order valence-corrected chi connectivity index (χ1v) is 7.16. The van der Waals surface area contributed by atoms with Crippen molar-refractivity contribution in [2.75, 3.05) is 11.1 Å². The molecule has 0 fully saturated rings. The summed E-state index contributed by atoms with van der Waals surface area (Å²) in [5, 5.41) is 0. The molecule has 0 heterocycles. The number of para-hydroxylation sites is 1. The van der Waals surface area contributed by atoms with E-state index in [4.69, 9.17) is 0 Å². The van der Waals surface area contributed by atoms with E-state index in [0.29, 0.717) is 0 Å². The lowest BCUT2D eigenvalue weighted by atomic mass is 10.2. The number of hydrogen-bond donors (Lipinski definition) is 0. The van der Waals surface area contributed by atoms with E-state index in [9.17, 15) is 4.79 Å². The number of nitrogens with zero attached hydrogens (tertiary/aromatic N) is 1. The van der Waals surface area contributed by atoms with E-state index in [2.05, 4.69) is 0 Å². The molecule has 0 aliphatic heterocycles. The van der Waals surface area contributed by atoms with Gasteiger partial charge in [-0.3, -0.25) is 4.79 Å². The summed E-state index contributed by atoms with van der Waals surface area (Å²) in [6.07, 6.45) is 0.803. The summed E-state index contributed by atoms with van der Waals surface area (Å²) in [6, 6.07) is 19.2. The van der Waals surface area contributed by atoms with Gasteiger partial charge in [-0.25, -0.2) is 0 Å². The van der Waals surface area contributed by atoms with Crippen LogP contribution in [0.15, 0.2) is 60.7 Å². The van der Waals surface area contributed by atoms with Crippen LogP contribution in [-0.4, -0.2) is 22.3 Å². The Kier molecular flexibility index (Phi) is 3.72. The highest BCUT2D eigenvalue weighted by molar-refractivity contribution is 6.17. The van der Waals surface area contributed by atoms with Gasteiger partial charge in [0.05, 0.1) is 0 Å². The van der Waals surface area contributed by atoms with Crippen LogP contribution < -0.4 is 4.90 Å². The topological polar surface area (TPSA) is 20.3 Å². The Labute approximate surface area is 104 Å². The summed E-state index contributed by atoms with van der Waals surface area (Å²) in [6.45, 7) is 0. The van der Waals surface area contributed by atoms with Gasteiger partial charge in [-0.15, -0.1) is 0 Å². The molecule has 0 aliphatic rings. The van der Waals surface area contributed by atoms with Gasteiger partial charge >= 0.3 is 0 Å². The molecule has 2 nitrogen and oxygen atoms in total. The molecule has 0 aromatic heterocycles. The minimum atomic E-state index is 0.0757. The molecule has 86 valence electrons. The molecular formula is C14H15NOSi. The van der Waals surface area contributed by atoms with Crippen molar-refractivity contribution in [3.8, 4) is 0 Å². The fraction of sp³-hybridized carbons (Fsp3) is 0.0714. The Balaban J connectivity index is 2.29. The number of benzene rings is 2. The average molecular weight is 241 g/mol. The lowest BCUT2D eigenvalue weighted by Crippen LogP contribution is -2.31. The second-order valence-corrected chi connectivity index (χ2v) is 4.38. The highest BCUT2D eigenvalue weighted by Gasteiger charge is 2.14. The van der Waals surface area contributed by atoms with Gasteiger partial charge < -0.3 is 4.90 Å². The van der Waals surface area contributed by atoms with E-state index >= 15 is 0 Å². The maximum Gasteiger partial charge on any atom is 0.257 e. The molecule has 0 N–H and O–H groups in total. The number of carbonyl (C=O) groups excluding carboxylic acids is 1. The fourth-order valence-electron chi connectivity index (χ4n) is 1.79. The van der Waals surface area contributed by atoms with Gasteiger partial charge in [0.2, 0.25) is 0 Å². The third-order valence-electron chi connectivity index (χ3n) is 2.65.